The Bertz CT molecular complexity index is 742. The quantitative estimate of drug-likeness (QED) is 0.673. The minimum Gasteiger partial charge on any atom is -0.484 e. The third kappa shape index (κ3) is 4.99. The highest BCUT2D eigenvalue weighted by molar-refractivity contribution is 7.99. The number of amides is 1. The Morgan fingerprint density at radius 2 is 2.03 bits per heavy atom. The van der Waals surface area contributed by atoms with E-state index >= 15 is 0 Å². The molecule has 3 atom stereocenters. The van der Waals surface area contributed by atoms with Crippen LogP contribution < -0.4 is 4.74 Å². The minimum absolute atomic E-state index is 0.0299. The van der Waals surface area contributed by atoms with Crippen molar-refractivity contribution in [1.29, 1.82) is 0 Å². The average Bonchev–Trinajstić information content (AvgIpc) is 3.21. The van der Waals surface area contributed by atoms with Gasteiger partial charge in [-0.15, -0.1) is 0 Å². The van der Waals surface area contributed by atoms with Crippen molar-refractivity contribution in [3.63, 3.8) is 0 Å². The second-order valence-electron chi connectivity index (χ2n) is 9.29. The van der Waals surface area contributed by atoms with Crippen LogP contribution in [-0.4, -0.2) is 47.3 Å². The number of hydrogen-bond donors (Lipinski definition) is 0. The molecule has 0 N–H and O–H groups in total. The molecule has 1 amide bonds. The fourth-order valence-corrected chi connectivity index (χ4v) is 6.15. The number of carbonyl (C=O) groups is 1. The zero-order valence-electron chi connectivity index (χ0n) is 17.9. The first-order chi connectivity index (χ1) is 14.0. The van der Waals surface area contributed by atoms with Crippen LogP contribution in [-0.2, 0) is 4.79 Å². The Morgan fingerprint density at radius 3 is 2.79 bits per heavy atom. The van der Waals surface area contributed by atoms with Crippen LogP contribution in [0.4, 0.5) is 0 Å². The molecule has 3 heterocycles. The molecule has 4 nitrogen and oxygen atoms in total. The van der Waals surface area contributed by atoms with E-state index in [1.165, 1.54) is 43.4 Å². The zero-order valence-corrected chi connectivity index (χ0v) is 18.7. The summed E-state index contributed by atoms with van der Waals surface area (Å²) in [5, 5.41) is 0. The summed E-state index contributed by atoms with van der Waals surface area (Å²) >= 11 is 2.01. The smallest absolute Gasteiger partial charge is 0.265 e. The maximum Gasteiger partial charge on any atom is 0.265 e. The number of aliphatic imine (C=N–C) groups is 1. The van der Waals surface area contributed by atoms with Crippen molar-refractivity contribution < 1.29 is 9.53 Å². The third-order valence-corrected chi connectivity index (χ3v) is 8.03. The molecule has 158 valence electrons. The summed E-state index contributed by atoms with van der Waals surface area (Å²) < 4.78 is 5.88. The van der Waals surface area contributed by atoms with Gasteiger partial charge in [-0.3, -0.25) is 14.7 Å². The van der Waals surface area contributed by atoms with E-state index in [2.05, 4.69) is 13.8 Å². The van der Waals surface area contributed by atoms with Gasteiger partial charge in [0.15, 0.2) is 6.61 Å². The first-order valence-corrected chi connectivity index (χ1v) is 12.3. The lowest BCUT2D eigenvalue weighted by atomic mass is 9.73. The highest BCUT2D eigenvalue weighted by Crippen LogP contribution is 2.41. The van der Waals surface area contributed by atoms with Gasteiger partial charge in [0, 0.05) is 12.0 Å². The molecule has 1 saturated heterocycles. The molecule has 2 bridgehead atoms. The molecule has 4 aliphatic rings. The number of fused-ring (bicyclic) bond motifs is 4. The van der Waals surface area contributed by atoms with E-state index < -0.39 is 0 Å². The van der Waals surface area contributed by atoms with Gasteiger partial charge in [0.2, 0.25) is 0 Å². The number of rotatable bonds is 5. The lowest BCUT2D eigenvalue weighted by molar-refractivity contribution is -0.130. The number of hydrogen-bond acceptors (Lipinski definition) is 4. The van der Waals surface area contributed by atoms with Crippen molar-refractivity contribution in [2.75, 3.05) is 24.7 Å². The van der Waals surface area contributed by atoms with Crippen LogP contribution in [0.1, 0.15) is 57.4 Å². The van der Waals surface area contributed by atoms with Crippen LogP contribution in [0, 0.1) is 18.3 Å². The Labute approximate surface area is 179 Å². The molecule has 1 aromatic carbocycles. The lowest BCUT2D eigenvalue weighted by Gasteiger charge is -2.44. The van der Waals surface area contributed by atoms with Crippen LogP contribution in [0.15, 0.2) is 29.3 Å². The van der Waals surface area contributed by atoms with E-state index in [9.17, 15) is 4.79 Å². The highest BCUT2D eigenvalue weighted by Gasteiger charge is 2.42. The van der Waals surface area contributed by atoms with E-state index in [4.69, 9.17) is 9.73 Å². The summed E-state index contributed by atoms with van der Waals surface area (Å²) in [6, 6.07) is 8.32. The minimum atomic E-state index is 0.0299. The van der Waals surface area contributed by atoms with Crippen LogP contribution in [0.3, 0.4) is 0 Å². The maximum absolute atomic E-state index is 13.4. The third-order valence-electron chi connectivity index (χ3n) is 6.79. The standard InChI is InChI=1S/C24H34N2O2S/c1-18-6-8-21(9-7-18)28-16-22(27)26(15-19-11-14-29-17-19)23-24(2)12-4-3-5-20(25-23)10-13-24/h6-9,19-20H,3-5,10-17H2,1-2H3. The van der Waals surface area contributed by atoms with Crippen molar-refractivity contribution in [2.24, 2.45) is 16.3 Å². The van der Waals surface area contributed by atoms with E-state index in [0.717, 1.165) is 36.7 Å². The topological polar surface area (TPSA) is 41.9 Å². The molecule has 0 aromatic heterocycles. The van der Waals surface area contributed by atoms with Gasteiger partial charge in [0.25, 0.3) is 5.91 Å². The van der Waals surface area contributed by atoms with Gasteiger partial charge < -0.3 is 4.74 Å². The SMILES string of the molecule is Cc1ccc(OCC(=O)N(CC2CCSC2)C2=NC3CCCCC2(C)CC3)cc1. The fraction of sp³-hybridized carbons (Fsp3) is 0.667. The summed E-state index contributed by atoms with van der Waals surface area (Å²) in [5.41, 5.74) is 1.22. The number of thioether (sulfide) groups is 1. The van der Waals surface area contributed by atoms with Crippen molar-refractivity contribution in [2.45, 2.75) is 64.8 Å². The van der Waals surface area contributed by atoms with Crippen molar-refractivity contribution in [3.05, 3.63) is 29.8 Å². The van der Waals surface area contributed by atoms with Gasteiger partial charge in [0.05, 0.1) is 6.04 Å². The number of benzene rings is 1. The molecule has 3 unspecified atom stereocenters. The number of nitrogens with zero attached hydrogens (tertiary/aromatic N) is 2. The predicted molar refractivity (Wildman–Crippen MR) is 121 cm³/mol. The van der Waals surface area contributed by atoms with Crippen molar-refractivity contribution in [3.8, 4) is 5.75 Å². The molecule has 5 heteroatoms. The first-order valence-electron chi connectivity index (χ1n) is 11.2. The normalized spacial score (nSPS) is 29.1. The second kappa shape index (κ2) is 9.11. The van der Waals surface area contributed by atoms with E-state index in [1.807, 2.05) is 40.9 Å². The summed E-state index contributed by atoms with van der Waals surface area (Å²) in [6.45, 7) is 5.27. The number of aryl methyl sites for hydroxylation is 1. The van der Waals surface area contributed by atoms with Crippen molar-refractivity contribution >= 4 is 23.5 Å². The molecular weight excluding hydrogens is 380 g/mol. The summed E-state index contributed by atoms with van der Waals surface area (Å²) in [6.07, 6.45) is 8.33. The Morgan fingerprint density at radius 1 is 1.21 bits per heavy atom. The van der Waals surface area contributed by atoms with E-state index in [1.54, 1.807) is 0 Å². The van der Waals surface area contributed by atoms with Crippen LogP contribution in [0.5, 0.6) is 5.75 Å². The molecule has 0 spiro atoms. The lowest BCUT2D eigenvalue weighted by Crippen LogP contribution is -2.52. The van der Waals surface area contributed by atoms with Gasteiger partial charge >= 0.3 is 0 Å². The molecule has 29 heavy (non-hydrogen) atoms. The predicted octanol–water partition coefficient (Wildman–Crippen LogP) is 5.10. The van der Waals surface area contributed by atoms with Crippen molar-refractivity contribution in [1.82, 2.24) is 4.90 Å². The van der Waals surface area contributed by atoms with Gasteiger partial charge in [-0.05, 0) is 68.6 Å². The van der Waals surface area contributed by atoms with E-state index in [-0.39, 0.29) is 17.9 Å². The molecule has 5 rings (SSSR count). The molecule has 1 saturated carbocycles. The molecular formula is C24H34N2O2S. The van der Waals surface area contributed by atoms with Crippen LogP contribution in [0.2, 0.25) is 0 Å². The second-order valence-corrected chi connectivity index (χ2v) is 10.4. The molecule has 2 fully saturated rings. The van der Waals surface area contributed by atoms with Gasteiger partial charge in [-0.25, -0.2) is 0 Å². The van der Waals surface area contributed by atoms with Gasteiger partial charge in [0.1, 0.15) is 11.6 Å². The monoisotopic (exact) mass is 414 g/mol. The van der Waals surface area contributed by atoms with Crippen LogP contribution in [0.25, 0.3) is 0 Å². The average molecular weight is 415 g/mol. The fourth-order valence-electron chi connectivity index (χ4n) is 4.88. The number of carbonyl (C=O) groups excluding carboxylic acids is 1. The largest absolute Gasteiger partial charge is 0.484 e. The first kappa shape index (κ1) is 20.8. The number of amidine groups is 1. The van der Waals surface area contributed by atoms with Gasteiger partial charge in [-0.2, -0.15) is 11.8 Å². The Kier molecular flexibility index (Phi) is 6.53. The summed E-state index contributed by atoms with van der Waals surface area (Å²) in [5.74, 6) is 4.80. The Hall–Kier alpha value is -1.49. The maximum atomic E-state index is 13.4. The molecule has 3 aliphatic heterocycles. The highest BCUT2D eigenvalue weighted by atomic mass is 32.2. The summed E-state index contributed by atoms with van der Waals surface area (Å²) in [4.78, 5) is 20.6. The Balaban J connectivity index is 1.54. The number of ether oxygens (including phenoxy) is 1. The molecule has 0 radical (unpaired) electrons. The van der Waals surface area contributed by atoms with Gasteiger partial charge in [-0.1, -0.05) is 37.5 Å². The zero-order chi connectivity index (χ0) is 20.3. The molecule has 1 aliphatic carbocycles. The molecule has 1 aromatic rings. The van der Waals surface area contributed by atoms with Crippen LogP contribution >= 0.6 is 11.8 Å². The summed E-state index contributed by atoms with van der Waals surface area (Å²) in [7, 11) is 0. The van der Waals surface area contributed by atoms with E-state index in [0.29, 0.717) is 12.0 Å².